The molecule has 0 spiro atoms. The van der Waals surface area contributed by atoms with E-state index >= 15 is 0 Å². The van der Waals surface area contributed by atoms with Crippen LogP contribution in [0.4, 0.5) is 5.69 Å². The topological polar surface area (TPSA) is 72.3 Å². The maximum atomic E-state index is 8.98. The van der Waals surface area contributed by atoms with E-state index in [1.54, 1.807) is 18.2 Å². The standard InChI is InChI=1S/C14H12N4/c1-3-9-14(10-15,11-16)18-17-13-7-5-12(4-2)6-8-13/h3-8H,1-2,9H2. The molecule has 0 unspecified atom stereocenters. The zero-order valence-electron chi connectivity index (χ0n) is 9.87. The second-order valence-corrected chi connectivity index (χ2v) is 3.57. The maximum absolute atomic E-state index is 8.98. The Labute approximate surface area is 106 Å². The Morgan fingerprint density at radius 3 is 2.22 bits per heavy atom. The molecule has 0 saturated carbocycles. The largest absolute Gasteiger partial charge is 0.255 e. The van der Waals surface area contributed by atoms with E-state index in [1.165, 1.54) is 6.08 Å². The number of rotatable bonds is 5. The molecule has 18 heavy (non-hydrogen) atoms. The van der Waals surface area contributed by atoms with Crippen LogP contribution >= 0.6 is 0 Å². The summed E-state index contributed by atoms with van der Waals surface area (Å²) in [5.41, 5.74) is 0.0604. The lowest BCUT2D eigenvalue weighted by molar-refractivity contribution is 0.660. The first kappa shape index (κ1) is 13.3. The van der Waals surface area contributed by atoms with E-state index in [1.807, 2.05) is 24.3 Å². The predicted octanol–water partition coefficient (Wildman–Crippen LogP) is 3.78. The van der Waals surface area contributed by atoms with Crippen molar-refractivity contribution < 1.29 is 0 Å². The minimum absolute atomic E-state index is 0.147. The third-order valence-electron chi connectivity index (χ3n) is 2.27. The summed E-state index contributed by atoms with van der Waals surface area (Å²) in [4.78, 5) is 0. The predicted molar refractivity (Wildman–Crippen MR) is 69.8 cm³/mol. The molecular weight excluding hydrogens is 224 g/mol. The summed E-state index contributed by atoms with van der Waals surface area (Å²) in [6.07, 6.45) is 3.34. The first-order valence-corrected chi connectivity index (χ1v) is 5.28. The summed E-state index contributed by atoms with van der Waals surface area (Å²) in [6, 6.07) is 10.8. The number of azo groups is 1. The van der Waals surface area contributed by atoms with Crippen LogP contribution in [0.15, 0.2) is 53.7 Å². The molecule has 0 aliphatic rings. The van der Waals surface area contributed by atoms with Gasteiger partial charge in [0, 0.05) is 6.42 Å². The van der Waals surface area contributed by atoms with E-state index in [-0.39, 0.29) is 6.42 Å². The molecule has 0 amide bonds. The molecule has 0 aromatic heterocycles. The highest BCUT2D eigenvalue weighted by atomic mass is 15.1. The van der Waals surface area contributed by atoms with E-state index in [4.69, 9.17) is 10.5 Å². The van der Waals surface area contributed by atoms with Gasteiger partial charge in [-0.3, -0.25) is 0 Å². The van der Waals surface area contributed by atoms with E-state index in [0.29, 0.717) is 5.69 Å². The fourth-order valence-corrected chi connectivity index (χ4v) is 1.23. The molecule has 0 atom stereocenters. The molecule has 1 aromatic carbocycles. The highest BCUT2D eigenvalue weighted by molar-refractivity contribution is 5.51. The molecule has 0 radical (unpaired) electrons. The smallest absolute Gasteiger partial charge is 0.194 e. The van der Waals surface area contributed by atoms with Gasteiger partial charge in [-0.2, -0.15) is 20.8 Å². The lowest BCUT2D eigenvalue weighted by atomic mass is 10.0. The summed E-state index contributed by atoms with van der Waals surface area (Å²) < 4.78 is 0. The van der Waals surface area contributed by atoms with Crippen molar-refractivity contribution in [1.29, 1.82) is 10.5 Å². The third-order valence-corrected chi connectivity index (χ3v) is 2.27. The Morgan fingerprint density at radius 1 is 1.17 bits per heavy atom. The number of hydrogen-bond acceptors (Lipinski definition) is 4. The molecule has 0 fully saturated rings. The first-order chi connectivity index (χ1) is 8.69. The van der Waals surface area contributed by atoms with Gasteiger partial charge in [0.25, 0.3) is 5.54 Å². The Balaban J connectivity index is 2.96. The van der Waals surface area contributed by atoms with Crippen molar-refractivity contribution in [2.24, 2.45) is 10.2 Å². The summed E-state index contributed by atoms with van der Waals surface area (Å²) in [5, 5.41) is 25.7. The van der Waals surface area contributed by atoms with Crippen molar-refractivity contribution in [1.82, 2.24) is 0 Å². The molecule has 4 nitrogen and oxygen atoms in total. The Hall–Kier alpha value is -2.72. The van der Waals surface area contributed by atoms with Crippen LogP contribution in [-0.2, 0) is 0 Å². The van der Waals surface area contributed by atoms with Crippen molar-refractivity contribution in [2.75, 3.05) is 0 Å². The Morgan fingerprint density at radius 2 is 1.78 bits per heavy atom. The van der Waals surface area contributed by atoms with E-state index in [2.05, 4.69) is 23.4 Å². The number of benzene rings is 1. The second-order valence-electron chi connectivity index (χ2n) is 3.57. The fraction of sp³-hybridized carbons (Fsp3) is 0.143. The Bertz CT molecular complexity index is 527. The van der Waals surface area contributed by atoms with Crippen LogP contribution in [-0.4, -0.2) is 5.54 Å². The van der Waals surface area contributed by atoms with Gasteiger partial charge >= 0.3 is 0 Å². The van der Waals surface area contributed by atoms with Gasteiger partial charge in [0.2, 0.25) is 0 Å². The minimum atomic E-state index is -1.49. The average Bonchev–Trinajstić information content (AvgIpc) is 2.44. The van der Waals surface area contributed by atoms with Gasteiger partial charge in [0.05, 0.1) is 5.69 Å². The second kappa shape index (κ2) is 6.12. The van der Waals surface area contributed by atoms with Crippen molar-refractivity contribution in [3.8, 4) is 12.1 Å². The summed E-state index contributed by atoms with van der Waals surface area (Å²) in [7, 11) is 0. The van der Waals surface area contributed by atoms with E-state index < -0.39 is 5.54 Å². The quantitative estimate of drug-likeness (QED) is 0.576. The number of hydrogen-bond donors (Lipinski definition) is 0. The van der Waals surface area contributed by atoms with Gasteiger partial charge in [-0.05, 0) is 17.7 Å². The summed E-state index contributed by atoms with van der Waals surface area (Å²) in [5.74, 6) is 0. The van der Waals surface area contributed by atoms with Crippen LogP contribution in [0.3, 0.4) is 0 Å². The summed E-state index contributed by atoms with van der Waals surface area (Å²) in [6.45, 7) is 7.15. The summed E-state index contributed by atoms with van der Waals surface area (Å²) >= 11 is 0. The average molecular weight is 236 g/mol. The van der Waals surface area contributed by atoms with Gasteiger partial charge in [0.1, 0.15) is 12.1 Å². The fourth-order valence-electron chi connectivity index (χ4n) is 1.23. The maximum Gasteiger partial charge on any atom is 0.255 e. The Kier molecular flexibility index (Phi) is 4.54. The SMILES string of the molecule is C=CCC(C#N)(C#N)N=Nc1ccc(C=C)cc1. The molecule has 0 N–H and O–H groups in total. The molecular formula is C14H12N4. The number of nitrogens with zero attached hydrogens (tertiary/aromatic N) is 4. The van der Waals surface area contributed by atoms with Crippen LogP contribution in [0.2, 0.25) is 0 Å². The van der Waals surface area contributed by atoms with Crippen LogP contribution in [0.25, 0.3) is 6.08 Å². The van der Waals surface area contributed by atoms with Crippen LogP contribution in [0.5, 0.6) is 0 Å². The molecule has 0 saturated heterocycles. The normalized spacial score (nSPS) is 10.6. The van der Waals surface area contributed by atoms with Crippen molar-refractivity contribution in [3.05, 3.63) is 49.1 Å². The number of nitriles is 2. The molecule has 1 aromatic rings. The molecule has 88 valence electrons. The minimum Gasteiger partial charge on any atom is -0.194 e. The third kappa shape index (κ3) is 3.13. The highest BCUT2D eigenvalue weighted by Crippen LogP contribution is 2.20. The molecule has 4 heteroatoms. The van der Waals surface area contributed by atoms with Crippen LogP contribution < -0.4 is 0 Å². The lowest BCUT2D eigenvalue weighted by Gasteiger charge is -2.07. The van der Waals surface area contributed by atoms with Crippen molar-refractivity contribution in [3.63, 3.8) is 0 Å². The van der Waals surface area contributed by atoms with Crippen LogP contribution in [0.1, 0.15) is 12.0 Å². The van der Waals surface area contributed by atoms with Gasteiger partial charge in [-0.15, -0.1) is 6.58 Å². The zero-order valence-corrected chi connectivity index (χ0v) is 9.87. The van der Waals surface area contributed by atoms with Gasteiger partial charge < -0.3 is 0 Å². The van der Waals surface area contributed by atoms with Gasteiger partial charge in [0.15, 0.2) is 0 Å². The van der Waals surface area contributed by atoms with Crippen molar-refractivity contribution in [2.45, 2.75) is 12.0 Å². The van der Waals surface area contributed by atoms with Crippen molar-refractivity contribution >= 4 is 11.8 Å². The van der Waals surface area contributed by atoms with Crippen LogP contribution in [0, 0.1) is 22.7 Å². The lowest BCUT2D eigenvalue weighted by Crippen LogP contribution is -2.19. The zero-order chi connectivity index (χ0) is 13.4. The molecule has 0 heterocycles. The van der Waals surface area contributed by atoms with E-state index in [9.17, 15) is 0 Å². The monoisotopic (exact) mass is 236 g/mol. The van der Waals surface area contributed by atoms with E-state index in [0.717, 1.165) is 5.56 Å². The first-order valence-electron chi connectivity index (χ1n) is 5.28. The molecule has 1 rings (SSSR count). The van der Waals surface area contributed by atoms with Gasteiger partial charge in [-0.1, -0.05) is 30.9 Å². The molecule has 0 aliphatic heterocycles. The molecule has 0 aliphatic carbocycles. The highest BCUT2D eigenvalue weighted by Gasteiger charge is 2.28. The van der Waals surface area contributed by atoms with Gasteiger partial charge in [-0.25, -0.2) is 0 Å². The molecule has 0 bridgehead atoms.